The van der Waals surface area contributed by atoms with Gasteiger partial charge in [-0.05, 0) is 49.3 Å². The molecule has 1 aromatic carbocycles. The number of benzene rings is 1. The van der Waals surface area contributed by atoms with Crippen molar-refractivity contribution in [3.8, 4) is 5.75 Å². The maximum Gasteiger partial charge on any atom is 0.119 e. The molecule has 1 heterocycles. The van der Waals surface area contributed by atoms with Crippen LogP contribution in [0.2, 0.25) is 0 Å². The molecular weight excluding hydrogens is 262 g/mol. The van der Waals surface area contributed by atoms with E-state index in [1.165, 1.54) is 18.4 Å². The lowest BCUT2D eigenvalue weighted by atomic mass is 10.0. The van der Waals surface area contributed by atoms with Crippen LogP contribution in [0.5, 0.6) is 5.75 Å². The Labute approximate surface area is 129 Å². The molecule has 1 aliphatic rings. The number of rotatable bonds is 7. The second kappa shape index (κ2) is 8.40. The van der Waals surface area contributed by atoms with Gasteiger partial charge in [-0.25, -0.2) is 0 Å². The summed E-state index contributed by atoms with van der Waals surface area (Å²) < 4.78 is 11.2. The molecule has 118 valence electrons. The minimum Gasteiger partial charge on any atom is -0.493 e. The Morgan fingerprint density at radius 1 is 1.24 bits per heavy atom. The lowest BCUT2D eigenvalue weighted by Gasteiger charge is -2.24. The fourth-order valence-corrected chi connectivity index (χ4v) is 2.55. The fourth-order valence-electron chi connectivity index (χ4n) is 2.55. The van der Waals surface area contributed by atoms with Crippen LogP contribution in [0.25, 0.3) is 0 Å². The third-order valence-corrected chi connectivity index (χ3v) is 3.93. The van der Waals surface area contributed by atoms with Gasteiger partial charge in [-0.3, -0.25) is 0 Å². The quantitative estimate of drug-likeness (QED) is 0.829. The molecule has 2 rings (SSSR count). The van der Waals surface area contributed by atoms with Crippen LogP contribution >= 0.6 is 0 Å². The molecular formula is C18H29NO2. The van der Waals surface area contributed by atoms with Crippen LogP contribution in [-0.2, 0) is 4.74 Å². The monoisotopic (exact) mass is 291 g/mol. The van der Waals surface area contributed by atoms with Crippen molar-refractivity contribution >= 4 is 0 Å². The first kappa shape index (κ1) is 16.3. The molecule has 2 atom stereocenters. The summed E-state index contributed by atoms with van der Waals surface area (Å²) in [7, 11) is 0. The Hall–Kier alpha value is -1.06. The largest absolute Gasteiger partial charge is 0.493 e. The SMILES string of the molecule is CC(C)COc1ccc(C(C)NCC2CCCOC2)cc1. The topological polar surface area (TPSA) is 30.5 Å². The summed E-state index contributed by atoms with van der Waals surface area (Å²) in [4.78, 5) is 0. The van der Waals surface area contributed by atoms with Crippen LogP contribution in [0.15, 0.2) is 24.3 Å². The molecule has 1 aliphatic heterocycles. The van der Waals surface area contributed by atoms with Crippen molar-refractivity contribution in [3.05, 3.63) is 29.8 Å². The summed E-state index contributed by atoms with van der Waals surface area (Å²) in [5.41, 5.74) is 1.31. The van der Waals surface area contributed by atoms with E-state index in [0.717, 1.165) is 32.1 Å². The fraction of sp³-hybridized carbons (Fsp3) is 0.667. The second-order valence-electron chi connectivity index (χ2n) is 6.49. The maximum absolute atomic E-state index is 5.72. The normalized spacial score (nSPS) is 20.5. The average Bonchev–Trinajstić information content (AvgIpc) is 2.52. The predicted molar refractivity (Wildman–Crippen MR) is 86.7 cm³/mol. The van der Waals surface area contributed by atoms with E-state index in [1.807, 2.05) is 0 Å². The van der Waals surface area contributed by atoms with Crippen LogP contribution in [0.3, 0.4) is 0 Å². The Bertz CT molecular complexity index is 396. The molecule has 0 bridgehead atoms. The molecule has 0 radical (unpaired) electrons. The Morgan fingerprint density at radius 3 is 2.62 bits per heavy atom. The highest BCUT2D eigenvalue weighted by Crippen LogP contribution is 2.19. The van der Waals surface area contributed by atoms with E-state index in [4.69, 9.17) is 9.47 Å². The van der Waals surface area contributed by atoms with Crippen LogP contribution < -0.4 is 10.1 Å². The summed E-state index contributed by atoms with van der Waals surface area (Å²) in [5.74, 6) is 2.18. The van der Waals surface area contributed by atoms with Crippen molar-refractivity contribution in [1.82, 2.24) is 5.32 Å². The van der Waals surface area contributed by atoms with Gasteiger partial charge in [0.05, 0.1) is 13.2 Å². The summed E-state index contributed by atoms with van der Waals surface area (Å²) >= 11 is 0. The van der Waals surface area contributed by atoms with Gasteiger partial charge in [0.1, 0.15) is 5.75 Å². The highest BCUT2D eigenvalue weighted by Gasteiger charge is 2.15. The predicted octanol–water partition coefficient (Wildman–Crippen LogP) is 3.80. The first-order valence-corrected chi connectivity index (χ1v) is 8.19. The van der Waals surface area contributed by atoms with E-state index in [2.05, 4.69) is 50.4 Å². The molecule has 21 heavy (non-hydrogen) atoms. The molecule has 0 spiro atoms. The third kappa shape index (κ3) is 5.68. The molecule has 2 unspecified atom stereocenters. The molecule has 0 aliphatic carbocycles. The number of ether oxygens (including phenoxy) is 2. The first-order chi connectivity index (χ1) is 10.1. The number of hydrogen-bond acceptors (Lipinski definition) is 3. The van der Waals surface area contributed by atoms with Crippen molar-refractivity contribution in [2.24, 2.45) is 11.8 Å². The van der Waals surface area contributed by atoms with Gasteiger partial charge in [0.15, 0.2) is 0 Å². The number of nitrogens with one attached hydrogen (secondary N) is 1. The van der Waals surface area contributed by atoms with Gasteiger partial charge in [0.25, 0.3) is 0 Å². The molecule has 0 saturated carbocycles. The number of hydrogen-bond donors (Lipinski definition) is 1. The second-order valence-corrected chi connectivity index (χ2v) is 6.49. The lowest BCUT2D eigenvalue weighted by molar-refractivity contribution is 0.0540. The minimum atomic E-state index is 0.367. The molecule has 3 nitrogen and oxygen atoms in total. The average molecular weight is 291 g/mol. The van der Waals surface area contributed by atoms with Gasteiger partial charge >= 0.3 is 0 Å². The summed E-state index contributed by atoms with van der Waals surface area (Å²) in [5, 5.41) is 3.62. The highest BCUT2D eigenvalue weighted by molar-refractivity contribution is 5.28. The van der Waals surface area contributed by atoms with Crippen LogP contribution in [0, 0.1) is 11.8 Å². The molecule has 1 fully saturated rings. The standard InChI is InChI=1S/C18H29NO2/c1-14(2)12-21-18-8-6-17(7-9-18)15(3)19-11-16-5-4-10-20-13-16/h6-9,14-16,19H,4-5,10-13H2,1-3H3. The van der Waals surface area contributed by atoms with E-state index in [-0.39, 0.29) is 0 Å². The van der Waals surface area contributed by atoms with E-state index >= 15 is 0 Å². The van der Waals surface area contributed by atoms with Gasteiger partial charge in [-0.1, -0.05) is 26.0 Å². The van der Waals surface area contributed by atoms with Crippen molar-refractivity contribution < 1.29 is 9.47 Å². The third-order valence-electron chi connectivity index (χ3n) is 3.93. The van der Waals surface area contributed by atoms with Crippen molar-refractivity contribution in [2.45, 2.75) is 39.7 Å². The van der Waals surface area contributed by atoms with Gasteiger partial charge in [0, 0.05) is 19.2 Å². The Kier molecular flexibility index (Phi) is 6.52. The minimum absolute atomic E-state index is 0.367. The molecule has 1 aromatic rings. The van der Waals surface area contributed by atoms with Crippen LogP contribution in [-0.4, -0.2) is 26.4 Å². The first-order valence-electron chi connectivity index (χ1n) is 8.19. The smallest absolute Gasteiger partial charge is 0.119 e. The van der Waals surface area contributed by atoms with Crippen LogP contribution in [0.1, 0.15) is 45.2 Å². The summed E-state index contributed by atoms with van der Waals surface area (Å²) in [6.45, 7) is 10.2. The zero-order chi connectivity index (χ0) is 15.1. The van der Waals surface area contributed by atoms with E-state index in [1.54, 1.807) is 0 Å². The van der Waals surface area contributed by atoms with Gasteiger partial charge in [0.2, 0.25) is 0 Å². The zero-order valence-electron chi connectivity index (χ0n) is 13.6. The Morgan fingerprint density at radius 2 is 2.00 bits per heavy atom. The van der Waals surface area contributed by atoms with Gasteiger partial charge < -0.3 is 14.8 Å². The highest BCUT2D eigenvalue weighted by atomic mass is 16.5. The summed E-state index contributed by atoms with van der Waals surface area (Å²) in [6.07, 6.45) is 2.48. The van der Waals surface area contributed by atoms with E-state index in [0.29, 0.717) is 17.9 Å². The van der Waals surface area contributed by atoms with E-state index < -0.39 is 0 Å². The van der Waals surface area contributed by atoms with Gasteiger partial charge in [-0.2, -0.15) is 0 Å². The van der Waals surface area contributed by atoms with Crippen molar-refractivity contribution in [3.63, 3.8) is 0 Å². The zero-order valence-corrected chi connectivity index (χ0v) is 13.6. The van der Waals surface area contributed by atoms with Crippen molar-refractivity contribution in [2.75, 3.05) is 26.4 Å². The Balaban J connectivity index is 1.77. The van der Waals surface area contributed by atoms with Crippen LogP contribution in [0.4, 0.5) is 0 Å². The van der Waals surface area contributed by atoms with E-state index in [9.17, 15) is 0 Å². The maximum atomic E-state index is 5.72. The lowest BCUT2D eigenvalue weighted by Crippen LogP contribution is -2.30. The molecule has 0 aromatic heterocycles. The summed E-state index contributed by atoms with van der Waals surface area (Å²) in [6, 6.07) is 8.82. The molecule has 3 heteroatoms. The molecule has 1 saturated heterocycles. The van der Waals surface area contributed by atoms with Crippen molar-refractivity contribution in [1.29, 1.82) is 0 Å². The molecule has 0 amide bonds. The van der Waals surface area contributed by atoms with Gasteiger partial charge in [-0.15, -0.1) is 0 Å². The molecule has 1 N–H and O–H groups in total.